The van der Waals surface area contributed by atoms with E-state index in [1.54, 1.807) is 0 Å². The van der Waals surface area contributed by atoms with Crippen LogP contribution in [-0.2, 0) is 26.8 Å². The fourth-order valence-electron chi connectivity index (χ4n) is 1.44. The topological polar surface area (TPSA) is 124 Å². The molecule has 19 heavy (non-hydrogen) atoms. The maximum absolute atomic E-state index is 11.4. The van der Waals surface area contributed by atoms with Crippen molar-refractivity contribution < 1.29 is 18.0 Å². The average molecular weight is 309 g/mol. The van der Waals surface area contributed by atoms with E-state index >= 15 is 0 Å². The van der Waals surface area contributed by atoms with Gasteiger partial charge in [0.15, 0.2) is 5.03 Å². The molecule has 0 saturated heterocycles. The van der Waals surface area contributed by atoms with Gasteiger partial charge in [0.05, 0.1) is 0 Å². The molecule has 0 fully saturated rings. The van der Waals surface area contributed by atoms with E-state index in [4.69, 9.17) is 16.4 Å². The van der Waals surface area contributed by atoms with Crippen molar-refractivity contribution in [3.8, 4) is 0 Å². The summed E-state index contributed by atoms with van der Waals surface area (Å²) in [5, 5.41) is 1.55. The lowest BCUT2D eigenvalue weighted by atomic mass is 10.3. The van der Waals surface area contributed by atoms with Crippen molar-refractivity contribution in [2.75, 3.05) is 0 Å². The number of hydrogen-bond donors (Lipinski definition) is 2. The van der Waals surface area contributed by atoms with E-state index in [9.17, 15) is 18.0 Å². The van der Waals surface area contributed by atoms with E-state index < -0.39 is 21.0 Å². The summed E-state index contributed by atoms with van der Waals surface area (Å²) in [4.78, 5) is 25.8. The second kappa shape index (κ2) is 6.02. The maximum Gasteiger partial charge on any atom is 0.318 e. The fraction of sp³-hybridized carbons (Fsp3) is 0.444. The van der Waals surface area contributed by atoms with E-state index in [-0.39, 0.29) is 11.6 Å². The third kappa shape index (κ3) is 4.52. The van der Waals surface area contributed by atoms with Crippen LogP contribution in [0.15, 0.2) is 11.2 Å². The van der Waals surface area contributed by atoms with Crippen LogP contribution < -0.4 is 11.1 Å². The van der Waals surface area contributed by atoms with Crippen molar-refractivity contribution >= 4 is 31.7 Å². The summed E-state index contributed by atoms with van der Waals surface area (Å²) in [6.45, 7) is 1.61. The smallest absolute Gasteiger partial charge is 0.318 e. The molecule has 10 heteroatoms. The van der Waals surface area contributed by atoms with Crippen LogP contribution in [0, 0.1) is 0 Å². The number of hydrogen-bond acceptors (Lipinski definition) is 5. The number of rotatable bonds is 5. The first-order valence-corrected chi connectivity index (χ1v) is 7.65. The average Bonchev–Trinajstić information content (AvgIpc) is 2.60. The SMILES string of the molecule is CCCc1nc(S(=O)(=O)Cl)cn1CC(=O)NC(N)=O. The van der Waals surface area contributed by atoms with Gasteiger partial charge in [0.2, 0.25) is 5.91 Å². The number of imidazole rings is 1. The molecular weight excluding hydrogens is 296 g/mol. The number of carbonyl (C=O) groups excluding carboxylic acids is 2. The first-order valence-electron chi connectivity index (χ1n) is 5.34. The Morgan fingerprint density at radius 3 is 2.63 bits per heavy atom. The number of urea groups is 1. The van der Waals surface area contributed by atoms with Crippen LogP contribution in [0.25, 0.3) is 0 Å². The Bertz CT molecular complexity index is 595. The number of nitrogens with one attached hydrogen (secondary N) is 1. The molecule has 3 N–H and O–H groups in total. The Hall–Kier alpha value is -1.61. The minimum absolute atomic E-state index is 0.266. The Morgan fingerprint density at radius 2 is 2.16 bits per heavy atom. The molecule has 0 aromatic carbocycles. The summed E-state index contributed by atoms with van der Waals surface area (Å²) in [5.74, 6) is -0.276. The largest absolute Gasteiger partial charge is 0.351 e. The second-order valence-corrected chi connectivity index (χ2v) is 6.24. The molecule has 0 radical (unpaired) electrons. The molecule has 0 spiro atoms. The van der Waals surface area contributed by atoms with Crippen LogP contribution in [-0.4, -0.2) is 29.9 Å². The minimum atomic E-state index is -3.96. The highest BCUT2D eigenvalue weighted by atomic mass is 35.7. The zero-order valence-corrected chi connectivity index (χ0v) is 11.7. The molecule has 0 aliphatic carbocycles. The number of nitrogens with zero attached hydrogens (tertiary/aromatic N) is 2. The Balaban J connectivity index is 3.01. The van der Waals surface area contributed by atoms with Gasteiger partial charge in [0.25, 0.3) is 9.05 Å². The van der Waals surface area contributed by atoms with Crippen molar-refractivity contribution in [3.05, 3.63) is 12.0 Å². The Labute approximate surface area is 114 Å². The van der Waals surface area contributed by atoms with Gasteiger partial charge in [-0.3, -0.25) is 10.1 Å². The van der Waals surface area contributed by atoms with E-state index in [1.165, 1.54) is 4.57 Å². The molecule has 1 aromatic rings. The molecular formula is C9H13ClN4O4S. The van der Waals surface area contributed by atoms with Crippen LogP contribution in [0.5, 0.6) is 0 Å². The number of carbonyl (C=O) groups is 2. The minimum Gasteiger partial charge on any atom is -0.351 e. The van der Waals surface area contributed by atoms with Gasteiger partial charge in [-0.05, 0) is 6.42 Å². The van der Waals surface area contributed by atoms with Gasteiger partial charge in [0, 0.05) is 23.3 Å². The molecule has 106 valence electrons. The van der Waals surface area contributed by atoms with Gasteiger partial charge < -0.3 is 10.3 Å². The Morgan fingerprint density at radius 1 is 1.53 bits per heavy atom. The van der Waals surface area contributed by atoms with Gasteiger partial charge >= 0.3 is 6.03 Å². The summed E-state index contributed by atoms with van der Waals surface area (Å²) in [6, 6.07) is -0.979. The Kier molecular flexibility index (Phi) is 4.90. The molecule has 8 nitrogen and oxygen atoms in total. The highest BCUT2D eigenvalue weighted by molar-refractivity contribution is 8.13. The van der Waals surface area contributed by atoms with Gasteiger partial charge in [0.1, 0.15) is 12.4 Å². The predicted molar refractivity (Wildman–Crippen MR) is 67.0 cm³/mol. The second-order valence-electron chi connectivity index (χ2n) is 3.72. The molecule has 0 atom stereocenters. The van der Waals surface area contributed by atoms with Gasteiger partial charge in [-0.2, -0.15) is 0 Å². The fourth-order valence-corrected chi connectivity index (χ4v) is 2.13. The highest BCUT2D eigenvalue weighted by Crippen LogP contribution is 2.15. The lowest BCUT2D eigenvalue weighted by Gasteiger charge is -2.05. The van der Waals surface area contributed by atoms with Gasteiger partial charge in [-0.1, -0.05) is 6.92 Å². The maximum atomic E-state index is 11.4. The van der Waals surface area contributed by atoms with Crippen LogP contribution >= 0.6 is 10.7 Å². The molecule has 0 aliphatic rings. The summed E-state index contributed by atoms with van der Waals surface area (Å²) in [7, 11) is 1.22. The van der Waals surface area contributed by atoms with Crippen molar-refractivity contribution in [2.24, 2.45) is 5.73 Å². The summed E-state index contributed by atoms with van der Waals surface area (Å²) >= 11 is 0. The van der Waals surface area contributed by atoms with E-state index in [0.717, 1.165) is 6.20 Å². The predicted octanol–water partition coefficient (Wildman–Crippen LogP) is -0.0420. The van der Waals surface area contributed by atoms with Crippen molar-refractivity contribution in [2.45, 2.75) is 31.3 Å². The number of halogens is 1. The van der Waals surface area contributed by atoms with Crippen LogP contribution in [0.2, 0.25) is 0 Å². The molecule has 0 aliphatic heterocycles. The summed E-state index contributed by atoms with van der Waals surface area (Å²) in [5.41, 5.74) is 4.81. The molecule has 1 rings (SSSR count). The normalized spacial score (nSPS) is 11.3. The number of nitrogens with two attached hydrogens (primary N) is 1. The zero-order chi connectivity index (χ0) is 14.6. The highest BCUT2D eigenvalue weighted by Gasteiger charge is 2.19. The van der Waals surface area contributed by atoms with E-state index in [1.807, 2.05) is 12.2 Å². The van der Waals surface area contributed by atoms with Gasteiger partial charge in [-0.15, -0.1) is 0 Å². The monoisotopic (exact) mass is 308 g/mol. The van der Waals surface area contributed by atoms with Crippen molar-refractivity contribution in [1.82, 2.24) is 14.9 Å². The third-order valence-corrected chi connectivity index (χ3v) is 3.31. The number of aryl methyl sites for hydroxylation is 1. The van der Waals surface area contributed by atoms with E-state index in [0.29, 0.717) is 18.7 Å². The molecule has 0 unspecified atom stereocenters. The first kappa shape index (κ1) is 15.4. The summed E-state index contributed by atoms with van der Waals surface area (Å²) in [6.07, 6.45) is 2.32. The molecule has 3 amide bonds. The lowest BCUT2D eigenvalue weighted by Crippen LogP contribution is -2.37. The third-order valence-electron chi connectivity index (χ3n) is 2.14. The number of primary amides is 1. The van der Waals surface area contributed by atoms with E-state index in [2.05, 4.69) is 4.98 Å². The van der Waals surface area contributed by atoms with Crippen LogP contribution in [0.4, 0.5) is 4.79 Å². The summed E-state index contributed by atoms with van der Waals surface area (Å²) < 4.78 is 23.7. The van der Waals surface area contributed by atoms with Crippen LogP contribution in [0.1, 0.15) is 19.2 Å². The quantitative estimate of drug-likeness (QED) is 0.738. The molecule has 0 bridgehead atoms. The van der Waals surface area contributed by atoms with Gasteiger partial charge in [-0.25, -0.2) is 18.2 Å². The zero-order valence-electron chi connectivity index (χ0n) is 10.1. The standard InChI is InChI=1S/C9H13ClN4O4S/c1-2-3-6-12-8(19(10,17)18)5-14(6)4-7(15)13-9(11)16/h5H,2-4H2,1H3,(H3,11,13,15,16). The molecule has 1 aromatic heterocycles. The number of amides is 3. The van der Waals surface area contributed by atoms with Crippen LogP contribution in [0.3, 0.4) is 0 Å². The molecule has 0 saturated carbocycles. The number of imide groups is 1. The van der Waals surface area contributed by atoms with Crippen molar-refractivity contribution in [1.29, 1.82) is 0 Å². The molecule has 1 heterocycles. The van der Waals surface area contributed by atoms with Crippen molar-refractivity contribution in [3.63, 3.8) is 0 Å². The lowest BCUT2D eigenvalue weighted by molar-refractivity contribution is -0.120. The number of aromatic nitrogens is 2. The first-order chi connectivity index (χ1) is 8.74.